The van der Waals surface area contributed by atoms with Crippen molar-refractivity contribution < 1.29 is 43.2 Å². The number of unbranched alkanes of at least 4 members (excludes halogenated alkanes) is 10. The van der Waals surface area contributed by atoms with Crippen LogP contribution in [0, 0.1) is 0 Å². The minimum Gasteiger partial charge on any atom is -0.466 e. The molecule has 0 aliphatic carbocycles. The highest BCUT2D eigenvalue weighted by molar-refractivity contribution is 5.70. The lowest BCUT2D eigenvalue weighted by molar-refractivity contribution is -0.144. The molecule has 50 heavy (non-hydrogen) atoms. The minimum absolute atomic E-state index is 0.0829. The first kappa shape index (κ1) is 47.4. The molecule has 2 unspecified atom stereocenters. The number of carbonyl (C=O) groups is 4. The number of esters is 2. The van der Waals surface area contributed by atoms with Crippen molar-refractivity contribution in [2.45, 2.75) is 168 Å². The topological polar surface area (TPSA) is 153 Å². The van der Waals surface area contributed by atoms with E-state index in [4.69, 9.17) is 18.9 Å². The van der Waals surface area contributed by atoms with Crippen LogP contribution in [-0.4, -0.2) is 98.9 Å². The van der Waals surface area contributed by atoms with Crippen LogP contribution < -0.4 is 10.6 Å². The standard InChI is InChI=1S/C38H73N3O9/c1-5-9-11-13-15-17-21-33(7-3)49-37(45)39-25-19-31-47-35(43)23-27-41(29-30-42)28-24-36(44)48-32-20-26-40-38(46)50-34(8-4)22-18-16-14-12-10-6-2/h33-34,42H,5-32H2,1-4H3,(H,39,45)(H,40,46). The maximum absolute atomic E-state index is 12.2. The molecule has 0 aromatic heterocycles. The van der Waals surface area contributed by atoms with Crippen molar-refractivity contribution in [3.8, 4) is 0 Å². The molecule has 294 valence electrons. The third kappa shape index (κ3) is 30.2. The first-order valence-corrected chi connectivity index (χ1v) is 19.8. The Morgan fingerprint density at radius 2 is 0.960 bits per heavy atom. The van der Waals surface area contributed by atoms with Crippen molar-refractivity contribution in [2.75, 3.05) is 52.5 Å². The zero-order valence-corrected chi connectivity index (χ0v) is 32.1. The summed E-state index contributed by atoms with van der Waals surface area (Å²) in [6.07, 6.45) is 17.8. The third-order valence-corrected chi connectivity index (χ3v) is 8.60. The van der Waals surface area contributed by atoms with Gasteiger partial charge in [-0.15, -0.1) is 0 Å². The lowest BCUT2D eigenvalue weighted by Gasteiger charge is -2.20. The molecule has 0 aromatic carbocycles. The van der Waals surface area contributed by atoms with Gasteiger partial charge >= 0.3 is 24.1 Å². The van der Waals surface area contributed by atoms with Gasteiger partial charge in [-0.25, -0.2) is 9.59 Å². The second-order valence-electron chi connectivity index (χ2n) is 13.1. The van der Waals surface area contributed by atoms with Gasteiger partial charge in [0.05, 0.1) is 32.7 Å². The average Bonchev–Trinajstić information content (AvgIpc) is 3.10. The van der Waals surface area contributed by atoms with Crippen molar-refractivity contribution in [1.29, 1.82) is 0 Å². The van der Waals surface area contributed by atoms with Crippen LogP contribution in [0.4, 0.5) is 9.59 Å². The molecule has 2 atom stereocenters. The summed E-state index contributed by atoms with van der Waals surface area (Å²) in [4.78, 5) is 50.5. The van der Waals surface area contributed by atoms with Crippen LogP contribution in [0.25, 0.3) is 0 Å². The SMILES string of the molecule is CCCCCCCCC(CC)OC(=O)NCCCOC(=O)CCN(CCO)CCC(=O)OCCCNC(=O)OC(CC)CCCCCCCC. The number of ether oxygens (including phenoxy) is 4. The molecular weight excluding hydrogens is 642 g/mol. The first-order valence-electron chi connectivity index (χ1n) is 19.8. The van der Waals surface area contributed by atoms with Crippen molar-refractivity contribution >= 4 is 24.1 Å². The van der Waals surface area contributed by atoms with Crippen LogP contribution in [-0.2, 0) is 28.5 Å². The molecule has 0 heterocycles. The van der Waals surface area contributed by atoms with Gasteiger partial charge in [-0.1, -0.05) is 91.9 Å². The van der Waals surface area contributed by atoms with E-state index in [2.05, 4.69) is 24.5 Å². The molecule has 0 aromatic rings. The van der Waals surface area contributed by atoms with Gasteiger partial charge in [0.1, 0.15) is 12.2 Å². The van der Waals surface area contributed by atoms with E-state index in [-0.39, 0.29) is 56.8 Å². The monoisotopic (exact) mass is 716 g/mol. The van der Waals surface area contributed by atoms with E-state index < -0.39 is 12.2 Å². The molecule has 0 saturated heterocycles. The van der Waals surface area contributed by atoms with Crippen LogP contribution in [0.3, 0.4) is 0 Å². The van der Waals surface area contributed by atoms with E-state index in [0.717, 1.165) is 51.4 Å². The fourth-order valence-electron chi connectivity index (χ4n) is 5.40. The normalized spacial score (nSPS) is 12.3. The highest BCUT2D eigenvalue weighted by Gasteiger charge is 2.15. The summed E-state index contributed by atoms with van der Waals surface area (Å²) in [5.41, 5.74) is 0. The van der Waals surface area contributed by atoms with Crippen molar-refractivity contribution in [1.82, 2.24) is 15.5 Å². The van der Waals surface area contributed by atoms with Gasteiger partial charge in [0.15, 0.2) is 0 Å². The summed E-state index contributed by atoms with van der Waals surface area (Å²) in [6, 6.07) is 0. The Labute approximate surface area is 303 Å². The highest BCUT2D eigenvalue weighted by Crippen LogP contribution is 2.14. The molecule has 0 radical (unpaired) electrons. The Bertz CT molecular complexity index is 782. The largest absolute Gasteiger partial charge is 0.466 e. The molecular formula is C38H73N3O9. The lowest BCUT2D eigenvalue weighted by atomic mass is 10.1. The quantitative estimate of drug-likeness (QED) is 0.0348. The summed E-state index contributed by atoms with van der Waals surface area (Å²) >= 11 is 0. The number of hydrogen-bond donors (Lipinski definition) is 3. The number of aliphatic hydroxyl groups excluding tert-OH is 1. The Balaban J connectivity index is 4.01. The van der Waals surface area contributed by atoms with Crippen LogP contribution >= 0.6 is 0 Å². The van der Waals surface area contributed by atoms with Gasteiger partial charge in [-0.05, 0) is 51.4 Å². The van der Waals surface area contributed by atoms with Crippen LogP contribution in [0.5, 0.6) is 0 Å². The van der Waals surface area contributed by atoms with E-state index in [9.17, 15) is 24.3 Å². The average molecular weight is 716 g/mol. The predicted molar refractivity (Wildman–Crippen MR) is 197 cm³/mol. The van der Waals surface area contributed by atoms with E-state index in [1.807, 2.05) is 18.7 Å². The van der Waals surface area contributed by atoms with Crippen LogP contribution in [0.15, 0.2) is 0 Å². The van der Waals surface area contributed by atoms with Crippen molar-refractivity contribution in [2.24, 2.45) is 0 Å². The number of hydrogen-bond acceptors (Lipinski definition) is 10. The molecule has 2 amide bonds. The molecule has 0 bridgehead atoms. The van der Waals surface area contributed by atoms with E-state index in [0.29, 0.717) is 45.6 Å². The molecule has 12 heteroatoms. The van der Waals surface area contributed by atoms with Crippen LogP contribution in [0.2, 0.25) is 0 Å². The van der Waals surface area contributed by atoms with Crippen molar-refractivity contribution in [3.05, 3.63) is 0 Å². The fourth-order valence-corrected chi connectivity index (χ4v) is 5.40. The molecule has 0 aliphatic rings. The second kappa shape index (κ2) is 34.8. The summed E-state index contributed by atoms with van der Waals surface area (Å²) < 4.78 is 21.6. The van der Waals surface area contributed by atoms with Crippen molar-refractivity contribution in [3.63, 3.8) is 0 Å². The Hall–Kier alpha value is -2.60. The molecule has 3 N–H and O–H groups in total. The van der Waals surface area contributed by atoms with E-state index >= 15 is 0 Å². The maximum atomic E-state index is 12.2. The van der Waals surface area contributed by atoms with Gasteiger partial charge in [0.2, 0.25) is 0 Å². The third-order valence-electron chi connectivity index (χ3n) is 8.60. The molecule has 0 rings (SSSR count). The second-order valence-corrected chi connectivity index (χ2v) is 13.1. The number of carbonyl (C=O) groups excluding carboxylic acids is 4. The number of amides is 2. The summed E-state index contributed by atoms with van der Waals surface area (Å²) in [5, 5.41) is 14.8. The van der Waals surface area contributed by atoms with Gasteiger partial charge in [0, 0.05) is 32.7 Å². The van der Waals surface area contributed by atoms with Gasteiger partial charge in [-0.2, -0.15) is 0 Å². The van der Waals surface area contributed by atoms with E-state index in [1.54, 1.807) is 0 Å². The molecule has 0 aliphatic heterocycles. The fraction of sp³-hybridized carbons (Fsp3) is 0.895. The number of nitrogens with zero attached hydrogens (tertiary/aromatic N) is 1. The highest BCUT2D eigenvalue weighted by atomic mass is 16.6. The predicted octanol–water partition coefficient (Wildman–Crippen LogP) is 7.44. The number of aliphatic hydroxyl groups is 1. The summed E-state index contributed by atoms with van der Waals surface area (Å²) in [6.45, 7) is 10.3. The zero-order chi connectivity index (χ0) is 37.1. The Morgan fingerprint density at radius 1 is 0.560 bits per heavy atom. The molecule has 12 nitrogen and oxygen atoms in total. The zero-order valence-electron chi connectivity index (χ0n) is 32.1. The maximum Gasteiger partial charge on any atom is 0.407 e. The smallest absolute Gasteiger partial charge is 0.407 e. The Morgan fingerprint density at radius 3 is 1.34 bits per heavy atom. The molecule has 0 saturated carbocycles. The minimum atomic E-state index is -0.442. The van der Waals surface area contributed by atoms with Gasteiger partial charge < -0.3 is 34.7 Å². The number of nitrogens with one attached hydrogen (secondary N) is 2. The number of rotatable bonds is 34. The van der Waals surface area contributed by atoms with Gasteiger partial charge in [0.25, 0.3) is 0 Å². The number of alkyl carbamates (subject to hydrolysis) is 2. The summed E-state index contributed by atoms with van der Waals surface area (Å²) in [5.74, 6) is -0.775. The van der Waals surface area contributed by atoms with Crippen LogP contribution in [0.1, 0.15) is 156 Å². The van der Waals surface area contributed by atoms with E-state index in [1.165, 1.54) is 51.4 Å². The van der Waals surface area contributed by atoms with Gasteiger partial charge in [-0.3, -0.25) is 14.5 Å². The Kier molecular flexibility index (Phi) is 33.0. The molecule has 0 spiro atoms. The molecule has 0 fully saturated rings. The summed E-state index contributed by atoms with van der Waals surface area (Å²) in [7, 11) is 0. The lowest BCUT2D eigenvalue weighted by Crippen LogP contribution is -2.32. The first-order chi connectivity index (χ1) is 24.3.